The zero-order valence-electron chi connectivity index (χ0n) is 14.5. The highest BCUT2D eigenvalue weighted by Gasteiger charge is 2.17. The number of nitrogens with zero attached hydrogens (tertiary/aromatic N) is 4. The Labute approximate surface area is 150 Å². The predicted molar refractivity (Wildman–Crippen MR) is 96.6 cm³/mol. The molecule has 0 aliphatic heterocycles. The third kappa shape index (κ3) is 3.37. The van der Waals surface area contributed by atoms with Crippen LogP contribution in [0.5, 0.6) is 0 Å². The highest BCUT2D eigenvalue weighted by Crippen LogP contribution is 2.22. The fourth-order valence-electron chi connectivity index (χ4n) is 2.53. The van der Waals surface area contributed by atoms with E-state index in [1.165, 1.54) is 23.0 Å². The number of carbonyl (C=O) groups is 1. The van der Waals surface area contributed by atoms with Gasteiger partial charge in [0.2, 0.25) is 0 Å². The number of halogens is 1. The van der Waals surface area contributed by atoms with E-state index in [1.807, 2.05) is 6.92 Å². The quantitative estimate of drug-likeness (QED) is 0.717. The van der Waals surface area contributed by atoms with Crippen LogP contribution in [0, 0.1) is 19.7 Å². The average molecular weight is 351 g/mol. The predicted octanol–water partition coefficient (Wildman–Crippen LogP) is 3.00. The first kappa shape index (κ1) is 17.5. The van der Waals surface area contributed by atoms with Crippen molar-refractivity contribution < 1.29 is 9.18 Å². The van der Waals surface area contributed by atoms with Gasteiger partial charge in [0.25, 0.3) is 11.9 Å². The summed E-state index contributed by atoms with van der Waals surface area (Å²) < 4.78 is 14.7. The van der Waals surface area contributed by atoms with E-state index in [9.17, 15) is 9.18 Å². The van der Waals surface area contributed by atoms with Crippen molar-refractivity contribution in [3.05, 3.63) is 72.0 Å². The minimum atomic E-state index is -0.307. The molecule has 0 unspecified atom stereocenters. The lowest BCUT2D eigenvalue weighted by molar-refractivity contribution is 0.0957. The van der Waals surface area contributed by atoms with Crippen LogP contribution >= 0.6 is 0 Å². The minimum absolute atomic E-state index is 0.237. The number of rotatable bonds is 5. The summed E-state index contributed by atoms with van der Waals surface area (Å²) in [6.07, 6.45) is 4.77. The van der Waals surface area contributed by atoms with E-state index < -0.39 is 0 Å². The van der Waals surface area contributed by atoms with Crippen molar-refractivity contribution in [1.29, 1.82) is 0 Å². The zero-order valence-corrected chi connectivity index (χ0v) is 14.5. The van der Waals surface area contributed by atoms with Gasteiger partial charge in [-0.05, 0) is 43.7 Å². The van der Waals surface area contributed by atoms with Gasteiger partial charge in [0, 0.05) is 18.3 Å². The van der Waals surface area contributed by atoms with Crippen LogP contribution in [0.3, 0.4) is 0 Å². The molecular weight excluding hydrogens is 333 g/mol. The summed E-state index contributed by atoms with van der Waals surface area (Å²) in [5.74, 6) is -0.200. The lowest BCUT2D eigenvalue weighted by Gasteiger charge is -2.09. The second-order valence-corrected chi connectivity index (χ2v) is 5.76. The zero-order chi connectivity index (χ0) is 18.7. The molecule has 0 saturated heterocycles. The molecule has 0 atom stereocenters. The number of aromatic nitrogens is 4. The molecule has 1 N–H and O–H groups in total. The summed E-state index contributed by atoms with van der Waals surface area (Å²) >= 11 is 0. The summed E-state index contributed by atoms with van der Waals surface area (Å²) in [7, 11) is 0. The Balaban J connectivity index is 1.99. The molecule has 0 radical (unpaired) electrons. The molecule has 6 nitrogen and oxygen atoms in total. The minimum Gasteiger partial charge on any atom is -0.348 e. The van der Waals surface area contributed by atoms with Crippen molar-refractivity contribution in [2.24, 2.45) is 0 Å². The monoisotopic (exact) mass is 351 g/mol. The molecule has 3 rings (SSSR count). The fraction of sp³-hybridized carbons (Fsp3) is 0.158. The molecule has 2 aromatic heterocycles. The van der Waals surface area contributed by atoms with Crippen molar-refractivity contribution in [3.63, 3.8) is 0 Å². The lowest BCUT2D eigenvalue weighted by atomic mass is 10.1. The Bertz CT molecular complexity index is 963. The van der Waals surface area contributed by atoms with Crippen LogP contribution in [-0.2, 0) is 0 Å². The molecule has 0 bridgehead atoms. The van der Waals surface area contributed by atoms with Crippen molar-refractivity contribution in [2.75, 3.05) is 6.54 Å². The first-order valence-corrected chi connectivity index (χ1v) is 8.05. The molecule has 2 heterocycles. The average Bonchev–Trinajstić information content (AvgIpc) is 3.02. The number of nitrogens with one attached hydrogen (secondary N) is 1. The van der Waals surface area contributed by atoms with Crippen LogP contribution in [0.2, 0.25) is 0 Å². The smallest absolute Gasteiger partial charge is 0.255 e. The molecular formula is C19H18FN5O. The summed E-state index contributed by atoms with van der Waals surface area (Å²) in [6, 6.07) is 6.10. The Morgan fingerprint density at radius 1 is 1.27 bits per heavy atom. The van der Waals surface area contributed by atoms with Crippen LogP contribution in [0.1, 0.15) is 21.6 Å². The maximum Gasteiger partial charge on any atom is 0.255 e. The largest absolute Gasteiger partial charge is 0.348 e. The van der Waals surface area contributed by atoms with Gasteiger partial charge in [-0.25, -0.2) is 19.0 Å². The maximum atomic E-state index is 13.2. The van der Waals surface area contributed by atoms with Gasteiger partial charge in [0.1, 0.15) is 5.82 Å². The Morgan fingerprint density at radius 2 is 2.00 bits per heavy atom. The number of carbonyl (C=O) groups excluding carboxylic acids is 1. The second kappa shape index (κ2) is 7.26. The van der Waals surface area contributed by atoms with E-state index in [-0.39, 0.29) is 11.7 Å². The summed E-state index contributed by atoms with van der Waals surface area (Å²) in [5.41, 5.74) is 3.39. The van der Waals surface area contributed by atoms with E-state index in [4.69, 9.17) is 0 Å². The highest BCUT2D eigenvalue weighted by molar-refractivity contribution is 5.95. The van der Waals surface area contributed by atoms with Crippen LogP contribution in [-0.4, -0.2) is 32.2 Å². The summed E-state index contributed by atoms with van der Waals surface area (Å²) in [6.45, 7) is 7.60. The van der Waals surface area contributed by atoms with Gasteiger partial charge in [-0.2, -0.15) is 5.10 Å². The normalized spacial score (nSPS) is 10.6. The van der Waals surface area contributed by atoms with E-state index in [1.54, 1.807) is 31.3 Å². The molecule has 1 aromatic carbocycles. The number of hydrogen-bond donors (Lipinski definition) is 1. The third-order valence-corrected chi connectivity index (χ3v) is 3.93. The van der Waals surface area contributed by atoms with Crippen molar-refractivity contribution >= 4 is 5.91 Å². The van der Waals surface area contributed by atoms with Gasteiger partial charge in [0.15, 0.2) is 0 Å². The Hall–Kier alpha value is -3.35. The number of hydrogen-bond acceptors (Lipinski definition) is 4. The molecule has 132 valence electrons. The van der Waals surface area contributed by atoms with Crippen LogP contribution in [0.15, 0.2) is 49.3 Å². The molecule has 7 heteroatoms. The van der Waals surface area contributed by atoms with E-state index in [2.05, 4.69) is 27.0 Å². The Morgan fingerprint density at radius 3 is 2.69 bits per heavy atom. The standard InChI is InChI=1S/C19H18FN5O/c1-4-9-21-18(26)16-11-23-25(13(16)3)19-22-10-12(2)17(24-19)14-5-7-15(20)8-6-14/h4-8,10-11H,1,9H2,2-3H3,(H,21,26). The molecule has 3 aromatic rings. The molecule has 0 aliphatic rings. The number of aryl methyl sites for hydroxylation is 1. The van der Waals surface area contributed by atoms with Gasteiger partial charge in [-0.15, -0.1) is 6.58 Å². The first-order chi connectivity index (χ1) is 12.5. The molecule has 1 amide bonds. The number of benzene rings is 1. The van der Waals surface area contributed by atoms with Crippen molar-refractivity contribution in [1.82, 2.24) is 25.1 Å². The fourth-order valence-corrected chi connectivity index (χ4v) is 2.53. The lowest BCUT2D eigenvalue weighted by Crippen LogP contribution is -2.23. The van der Waals surface area contributed by atoms with Gasteiger partial charge < -0.3 is 5.32 Å². The first-order valence-electron chi connectivity index (χ1n) is 8.05. The van der Waals surface area contributed by atoms with Gasteiger partial charge in [-0.3, -0.25) is 4.79 Å². The van der Waals surface area contributed by atoms with Gasteiger partial charge in [-0.1, -0.05) is 6.08 Å². The highest BCUT2D eigenvalue weighted by atomic mass is 19.1. The van der Waals surface area contributed by atoms with Crippen LogP contribution in [0.25, 0.3) is 17.2 Å². The Kier molecular flexibility index (Phi) is 4.88. The van der Waals surface area contributed by atoms with Crippen molar-refractivity contribution in [2.45, 2.75) is 13.8 Å². The van der Waals surface area contributed by atoms with Gasteiger partial charge in [0.05, 0.1) is 23.1 Å². The van der Waals surface area contributed by atoms with Crippen molar-refractivity contribution in [3.8, 4) is 17.2 Å². The van der Waals surface area contributed by atoms with E-state index in [0.717, 1.165) is 11.1 Å². The van der Waals surface area contributed by atoms with Crippen LogP contribution in [0.4, 0.5) is 4.39 Å². The van der Waals surface area contributed by atoms with Crippen LogP contribution < -0.4 is 5.32 Å². The maximum absolute atomic E-state index is 13.2. The number of amides is 1. The van der Waals surface area contributed by atoms with Gasteiger partial charge >= 0.3 is 0 Å². The summed E-state index contributed by atoms with van der Waals surface area (Å²) in [4.78, 5) is 21.0. The molecule has 0 saturated carbocycles. The molecule has 0 aliphatic carbocycles. The second-order valence-electron chi connectivity index (χ2n) is 5.76. The third-order valence-electron chi connectivity index (χ3n) is 3.93. The van der Waals surface area contributed by atoms with E-state index >= 15 is 0 Å². The van der Waals surface area contributed by atoms with E-state index in [0.29, 0.717) is 29.4 Å². The summed E-state index contributed by atoms with van der Waals surface area (Å²) in [5, 5.41) is 6.96. The molecule has 26 heavy (non-hydrogen) atoms. The molecule has 0 spiro atoms. The molecule has 0 fully saturated rings. The SMILES string of the molecule is C=CCNC(=O)c1cnn(-c2ncc(C)c(-c3ccc(F)cc3)n2)c1C. The topological polar surface area (TPSA) is 72.7 Å².